The summed E-state index contributed by atoms with van der Waals surface area (Å²) in [6, 6.07) is 7.05. The van der Waals surface area contributed by atoms with Crippen LogP contribution in [-0.4, -0.2) is 44.3 Å². The number of aromatic nitrogens is 3. The van der Waals surface area contributed by atoms with Crippen LogP contribution in [0.25, 0.3) is 0 Å². The van der Waals surface area contributed by atoms with Crippen molar-refractivity contribution in [2.75, 3.05) is 6.54 Å². The second kappa shape index (κ2) is 6.60. The quantitative estimate of drug-likeness (QED) is 0.856. The van der Waals surface area contributed by atoms with Gasteiger partial charge in [0.15, 0.2) is 0 Å². The third-order valence-corrected chi connectivity index (χ3v) is 4.03. The number of nitrogens with zero attached hydrogens (tertiary/aromatic N) is 4. The molecule has 0 aliphatic carbocycles. The van der Waals surface area contributed by atoms with Gasteiger partial charge in [-0.1, -0.05) is 30.3 Å². The van der Waals surface area contributed by atoms with E-state index < -0.39 is 6.04 Å². The number of amides is 2. The molecule has 1 aliphatic heterocycles. The zero-order valence-corrected chi connectivity index (χ0v) is 13.0. The molecule has 0 saturated heterocycles. The topological polar surface area (TPSA) is 80.1 Å². The Morgan fingerprint density at radius 1 is 1.39 bits per heavy atom. The molecule has 7 nitrogen and oxygen atoms in total. The van der Waals surface area contributed by atoms with Gasteiger partial charge in [-0.15, -0.1) is 5.10 Å². The first kappa shape index (κ1) is 15.2. The lowest BCUT2D eigenvalue weighted by Crippen LogP contribution is -2.47. The Kier molecular flexibility index (Phi) is 4.36. The molecule has 0 unspecified atom stereocenters. The fourth-order valence-electron chi connectivity index (χ4n) is 2.84. The van der Waals surface area contributed by atoms with Crippen LogP contribution in [0, 0.1) is 0 Å². The molecule has 0 radical (unpaired) electrons. The summed E-state index contributed by atoms with van der Waals surface area (Å²) in [5.74, 6) is -0.201. The number of fused-ring (bicyclic) bond motifs is 1. The molecule has 0 bridgehead atoms. The molecule has 0 fully saturated rings. The minimum Gasteiger partial charge on any atom is -0.352 e. The second-order valence-electron chi connectivity index (χ2n) is 5.47. The van der Waals surface area contributed by atoms with Crippen LogP contribution in [0.4, 0.5) is 0 Å². The minimum atomic E-state index is -0.453. The Morgan fingerprint density at radius 2 is 2.22 bits per heavy atom. The molecular formula is C16H19N5O2. The van der Waals surface area contributed by atoms with E-state index in [9.17, 15) is 9.59 Å². The van der Waals surface area contributed by atoms with Gasteiger partial charge in [0.2, 0.25) is 5.91 Å². The highest BCUT2D eigenvalue weighted by Gasteiger charge is 2.34. The van der Waals surface area contributed by atoms with Gasteiger partial charge in [0.25, 0.3) is 5.91 Å². The lowest BCUT2D eigenvalue weighted by molar-refractivity contribution is -0.125. The molecule has 7 heteroatoms. The van der Waals surface area contributed by atoms with Gasteiger partial charge in [0, 0.05) is 24.8 Å². The lowest BCUT2D eigenvalue weighted by atomic mass is 10.1. The molecule has 1 aromatic carbocycles. The van der Waals surface area contributed by atoms with Crippen molar-refractivity contribution in [2.45, 2.75) is 32.5 Å². The van der Waals surface area contributed by atoms with Gasteiger partial charge in [-0.05, 0) is 18.1 Å². The van der Waals surface area contributed by atoms with Crippen LogP contribution in [0.3, 0.4) is 0 Å². The van der Waals surface area contributed by atoms with Crippen LogP contribution >= 0.6 is 0 Å². The summed E-state index contributed by atoms with van der Waals surface area (Å²) in [6.45, 7) is 3.41. The van der Waals surface area contributed by atoms with Gasteiger partial charge in [-0.3, -0.25) is 14.3 Å². The van der Waals surface area contributed by atoms with Crippen molar-refractivity contribution in [3.05, 3.63) is 47.8 Å². The maximum Gasteiger partial charge on any atom is 0.255 e. The third-order valence-electron chi connectivity index (χ3n) is 4.03. The van der Waals surface area contributed by atoms with Crippen molar-refractivity contribution in [3.8, 4) is 0 Å². The van der Waals surface area contributed by atoms with Gasteiger partial charge in [0.05, 0.1) is 12.7 Å². The minimum absolute atomic E-state index is 0.0705. The van der Waals surface area contributed by atoms with Crippen LogP contribution in [0.15, 0.2) is 36.7 Å². The average Bonchev–Trinajstić information content (AvgIpc) is 3.18. The monoisotopic (exact) mass is 313 g/mol. The van der Waals surface area contributed by atoms with E-state index in [4.69, 9.17) is 0 Å². The van der Waals surface area contributed by atoms with Crippen molar-refractivity contribution in [3.63, 3.8) is 0 Å². The third kappa shape index (κ3) is 3.08. The van der Waals surface area contributed by atoms with Crippen LogP contribution in [-0.2, 0) is 17.9 Å². The molecule has 3 rings (SSSR count). The Bertz CT molecular complexity index is 698. The molecule has 1 atom stereocenters. The first-order valence-corrected chi connectivity index (χ1v) is 7.71. The fraction of sp³-hybridized carbons (Fsp3) is 0.375. The Labute approximate surface area is 134 Å². The number of carbonyl (C=O) groups is 2. The zero-order chi connectivity index (χ0) is 16.2. The van der Waals surface area contributed by atoms with Gasteiger partial charge < -0.3 is 10.2 Å². The van der Waals surface area contributed by atoms with E-state index in [0.29, 0.717) is 31.6 Å². The van der Waals surface area contributed by atoms with E-state index in [2.05, 4.69) is 15.6 Å². The van der Waals surface area contributed by atoms with Gasteiger partial charge in [0.1, 0.15) is 6.04 Å². The highest BCUT2D eigenvalue weighted by atomic mass is 16.2. The predicted molar refractivity (Wildman–Crippen MR) is 83.4 cm³/mol. The Balaban J connectivity index is 1.61. The molecule has 1 N–H and O–H groups in total. The highest BCUT2D eigenvalue weighted by molar-refractivity contribution is 6.01. The summed E-state index contributed by atoms with van der Waals surface area (Å²) in [7, 11) is 0. The number of carbonyl (C=O) groups excluding carboxylic acids is 2. The van der Waals surface area contributed by atoms with Crippen molar-refractivity contribution in [1.82, 2.24) is 25.2 Å². The second-order valence-corrected chi connectivity index (χ2v) is 5.47. The molecule has 2 aromatic rings. The fourth-order valence-corrected chi connectivity index (χ4v) is 2.84. The highest BCUT2D eigenvalue weighted by Crippen LogP contribution is 2.25. The molecule has 1 aliphatic rings. The number of nitrogens with one attached hydrogen (secondary N) is 1. The zero-order valence-electron chi connectivity index (χ0n) is 13.0. The first-order chi connectivity index (χ1) is 11.2. The maximum absolute atomic E-state index is 12.5. The van der Waals surface area contributed by atoms with Crippen LogP contribution < -0.4 is 5.32 Å². The van der Waals surface area contributed by atoms with Crippen molar-refractivity contribution in [1.29, 1.82) is 0 Å². The number of rotatable bonds is 6. The number of benzene rings is 1. The summed E-state index contributed by atoms with van der Waals surface area (Å²) in [6.07, 6.45) is 3.91. The first-order valence-electron chi connectivity index (χ1n) is 7.71. The molecule has 120 valence electrons. The van der Waals surface area contributed by atoms with Crippen molar-refractivity contribution in [2.24, 2.45) is 0 Å². The lowest BCUT2D eigenvalue weighted by Gasteiger charge is -2.25. The van der Waals surface area contributed by atoms with Gasteiger partial charge in [-0.25, -0.2) is 0 Å². The van der Waals surface area contributed by atoms with Gasteiger partial charge in [-0.2, -0.15) is 0 Å². The largest absolute Gasteiger partial charge is 0.352 e. The Hall–Kier alpha value is -2.70. The summed E-state index contributed by atoms with van der Waals surface area (Å²) in [5, 5.41) is 10.4. The number of hydrogen-bond donors (Lipinski definition) is 1. The van der Waals surface area contributed by atoms with E-state index >= 15 is 0 Å². The number of hydrogen-bond acceptors (Lipinski definition) is 4. The molecule has 2 amide bonds. The molecule has 2 heterocycles. The SMILES string of the molecule is CC[C@@H](C(=O)NCCn1ccnn1)N1Cc2ccccc2C1=O. The molecule has 0 spiro atoms. The van der Waals surface area contributed by atoms with E-state index in [-0.39, 0.29) is 11.8 Å². The average molecular weight is 313 g/mol. The molecular weight excluding hydrogens is 294 g/mol. The van der Waals surface area contributed by atoms with E-state index in [1.165, 1.54) is 0 Å². The van der Waals surface area contributed by atoms with Crippen LogP contribution in [0.5, 0.6) is 0 Å². The van der Waals surface area contributed by atoms with E-state index in [0.717, 1.165) is 5.56 Å². The van der Waals surface area contributed by atoms with Crippen molar-refractivity contribution < 1.29 is 9.59 Å². The normalized spacial score (nSPS) is 14.7. The Morgan fingerprint density at radius 3 is 2.91 bits per heavy atom. The predicted octanol–water partition coefficient (Wildman–Crippen LogP) is 0.829. The van der Waals surface area contributed by atoms with Crippen LogP contribution in [0.1, 0.15) is 29.3 Å². The molecule has 0 saturated carbocycles. The summed E-state index contributed by atoms with van der Waals surface area (Å²) < 4.78 is 1.65. The maximum atomic E-state index is 12.5. The molecule has 1 aromatic heterocycles. The van der Waals surface area contributed by atoms with Gasteiger partial charge >= 0.3 is 0 Å². The summed E-state index contributed by atoms with van der Waals surface area (Å²) in [4.78, 5) is 26.6. The van der Waals surface area contributed by atoms with E-state index in [1.807, 2.05) is 31.2 Å². The standard InChI is InChI=1S/C16H19N5O2/c1-2-14(15(22)17-7-9-20-10-8-18-19-20)21-11-12-5-3-4-6-13(12)16(21)23/h3-6,8,10,14H,2,7,9,11H2,1H3,(H,17,22)/t14-/m0/s1. The van der Waals surface area contributed by atoms with Crippen LogP contribution in [0.2, 0.25) is 0 Å². The summed E-state index contributed by atoms with van der Waals surface area (Å²) >= 11 is 0. The smallest absolute Gasteiger partial charge is 0.255 e. The van der Waals surface area contributed by atoms with E-state index in [1.54, 1.807) is 22.0 Å². The molecule has 23 heavy (non-hydrogen) atoms. The summed E-state index contributed by atoms with van der Waals surface area (Å²) in [5.41, 5.74) is 1.67. The van der Waals surface area contributed by atoms with Crippen molar-refractivity contribution >= 4 is 11.8 Å².